The van der Waals surface area contributed by atoms with Crippen molar-refractivity contribution in [2.45, 2.75) is 13.8 Å². The van der Waals surface area contributed by atoms with E-state index in [2.05, 4.69) is 25.6 Å². The van der Waals surface area contributed by atoms with Crippen LogP contribution in [0.25, 0.3) is 0 Å². The number of hydrogen-bond donors (Lipinski definition) is 2. The highest BCUT2D eigenvalue weighted by molar-refractivity contribution is 5.87. The van der Waals surface area contributed by atoms with E-state index in [0.717, 1.165) is 17.1 Å². The van der Waals surface area contributed by atoms with Crippen LogP contribution in [0, 0.1) is 6.92 Å². The number of amides is 1. The van der Waals surface area contributed by atoms with Crippen molar-refractivity contribution in [3.8, 4) is 0 Å². The van der Waals surface area contributed by atoms with Crippen LogP contribution in [0.3, 0.4) is 0 Å². The molecule has 0 saturated heterocycles. The summed E-state index contributed by atoms with van der Waals surface area (Å²) >= 11 is 0. The van der Waals surface area contributed by atoms with Crippen molar-refractivity contribution in [3.05, 3.63) is 30.1 Å². The second kappa shape index (κ2) is 6.17. The molecule has 0 aromatic carbocycles. The molecule has 2 rings (SSSR count). The SMILES string of the molecule is CC(=O)Nc1ccc(Nc2ncc(C)c(N(C)C)n2)cn1. The van der Waals surface area contributed by atoms with E-state index in [1.54, 1.807) is 24.5 Å². The molecule has 110 valence electrons. The first-order valence-corrected chi connectivity index (χ1v) is 6.47. The summed E-state index contributed by atoms with van der Waals surface area (Å²) in [4.78, 5) is 25.7. The van der Waals surface area contributed by atoms with Gasteiger partial charge in [-0.05, 0) is 19.1 Å². The number of carbonyl (C=O) groups excluding carboxylic acids is 1. The molecule has 2 N–H and O–H groups in total. The summed E-state index contributed by atoms with van der Waals surface area (Å²) in [5.74, 6) is 1.71. The van der Waals surface area contributed by atoms with Gasteiger partial charge in [-0.2, -0.15) is 4.98 Å². The number of aryl methyl sites for hydroxylation is 1. The first kappa shape index (κ1) is 14.7. The van der Waals surface area contributed by atoms with Crippen LogP contribution in [0.15, 0.2) is 24.5 Å². The van der Waals surface area contributed by atoms with Crippen LogP contribution < -0.4 is 15.5 Å². The fourth-order valence-electron chi connectivity index (χ4n) is 1.80. The molecular formula is C14H18N6O. The van der Waals surface area contributed by atoms with Gasteiger partial charge in [-0.3, -0.25) is 4.79 Å². The highest BCUT2D eigenvalue weighted by Gasteiger charge is 2.06. The lowest BCUT2D eigenvalue weighted by Gasteiger charge is -2.15. The first-order valence-electron chi connectivity index (χ1n) is 6.47. The molecule has 0 aliphatic carbocycles. The van der Waals surface area contributed by atoms with Crippen molar-refractivity contribution in [1.82, 2.24) is 15.0 Å². The second-order valence-electron chi connectivity index (χ2n) is 4.83. The molecule has 0 unspecified atom stereocenters. The smallest absolute Gasteiger partial charge is 0.229 e. The number of aromatic nitrogens is 3. The van der Waals surface area contributed by atoms with Gasteiger partial charge in [-0.15, -0.1) is 0 Å². The van der Waals surface area contributed by atoms with Crippen LogP contribution in [-0.2, 0) is 4.79 Å². The minimum atomic E-state index is -0.152. The molecule has 0 fully saturated rings. The second-order valence-corrected chi connectivity index (χ2v) is 4.83. The Balaban J connectivity index is 2.14. The quantitative estimate of drug-likeness (QED) is 0.894. The maximum atomic E-state index is 10.9. The Labute approximate surface area is 123 Å². The van der Waals surface area contributed by atoms with Crippen LogP contribution in [0.5, 0.6) is 0 Å². The minimum absolute atomic E-state index is 0.152. The van der Waals surface area contributed by atoms with Crippen LogP contribution >= 0.6 is 0 Å². The van der Waals surface area contributed by atoms with Gasteiger partial charge in [0.15, 0.2) is 0 Å². The normalized spacial score (nSPS) is 10.1. The maximum absolute atomic E-state index is 10.9. The number of anilines is 4. The predicted octanol–water partition coefficient (Wildman–Crippen LogP) is 1.95. The minimum Gasteiger partial charge on any atom is -0.362 e. The Morgan fingerprint density at radius 3 is 2.52 bits per heavy atom. The Bertz CT molecular complexity index is 638. The summed E-state index contributed by atoms with van der Waals surface area (Å²) in [6.07, 6.45) is 3.38. The van der Waals surface area contributed by atoms with E-state index >= 15 is 0 Å². The molecule has 0 bridgehead atoms. The number of hydrogen-bond acceptors (Lipinski definition) is 6. The molecule has 21 heavy (non-hydrogen) atoms. The standard InChI is InChI=1S/C14H18N6O/c1-9-7-16-14(19-13(9)20(3)4)18-11-5-6-12(15-8-11)17-10(2)21/h5-8H,1-4H3,(H,15,17,21)(H,16,18,19). The van der Waals surface area contributed by atoms with Gasteiger partial charge < -0.3 is 15.5 Å². The lowest BCUT2D eigenvalue weighted by atomic mass is 10.3. The molecule has 0 spiro atoms. The van der Waals surface area contributed by atoms with E-state index in [9.17, 15) is 4.79 Å². The third-order valence-electron chi connectivity index (χ3n) is 2.69. The van der Waals surface area contributed by atoms with Crippen LogP contribution in [0.1, 0.15) is 12.5 Å². The highest BCUT2D eigenvalue weighted by Crippen LogP contribution is 2.18. The summed E-state index contributed by atoms with van der Waals surface area (Å²) in [5, 5.41) is 5.69. The van der Waals surface area contributed by atoms with Crippen molar-refractivity contribution in [2.75, 3.05) is 29.6 Å². The Morgan fingerprint density at radius 2 is 1.95 bits per heavy atom. The third kappa shape index (κ3) is 3.88. The average molecular weight is 286 g/mol. The van der Waals surface area contributed by atoms with Crippen molar-refractivity contribution >= 4 is 29.2 Å². The van der Waals surface area contributed by atoms with Gasteiger partial charge >= 0.3 is 0 Å². The molecule has 7 nitrogen and oxygen atoms in total. The van der Waals surface area contributed by atoms with Crippen LogP contribution in [0.2, 0.25) is 0 Å². The zero-order chi connectivity index (χ0) is 15.4. The van der Waals surface area contributed by atoms with Gasteiger partial charge in [0.1, 0.15) is 11.6 Å². The van der Waals surface area contributed by atoms with Crippen LogP contribution in [-0.4, -0.2) is 35.0 Å². The van der Waals surface area contributed by atoms with Crippen molar-refractivity contribution < 1.29 is 4.79 Å². The van der Waals surface area contributed by atoms with Gasteiger partial charge in [0.25, 0.3) is 0 Å². The topological polar surface area (TPSA) is 83.0 Å². The number of carbonyl (C=O) groups is 1. The number of rotatable bonds is 4. The van der Waals surface area contributed by atoms with Gasteiger partial charge in [0.2, 0.25) is 11.9 Å². The van der Waals surface area contributed by atoms with Crippen LogP contribution in [0.4, 0.5) is 23.3 Å². The van der Waals surface area contributed by atoms with Crippen molar-refractivity contribution in [1.29, 1.82) is 0 Å². The van der Waals surface area contributed by atoms with E-state index < -0.39 is 0 Å². The molecule has 7 heteroatoms. The Kier molecular flexibility index (Phi) is 4.32. The van der Waals surface area contributed by atoms with Crippen molar-refractivity contribution in [2.24, 2.45) is 0 Å². The Morgan fingerprint density at radius 1 is 1.19 bits per heavy atom. The van der Waals surface area contributed by atoms with Gasteiger partial charge in [-0.1, -0.05) is 0 Å². The fourth-order valence-corrected chi connectivity index (χ4v) is 1.80. The largest absolute Gasteiger partial charge is 0.362 e. The first-order chi connectivity index (χ1) is 9.95. The number of nitrogens with zero attached hydrogens (tertiary/aromatic N) is 4. The number of pyridine rings is 1. The molecule has 2 aromatic heterocycles. The molecule has 0 atom stereocenters. The lowest BCUT2D eigenvalue weighted by Crippen LogP contribution is -2.13. The molecular weight excluding hydrogens is 268 g/mol. The summed E-state index contributed by atoms with van der Waals surface area (Å²) in [5.41, 5.74) is 1.75. The zero-order valence-corrected chi connectivity index (χ0v) is 12.5. The van der Waals surface area contributed by atoms with E-state index in [0.29, 0.717) is 11.8 Å². The molecule has 0 aliphatic heterocycles. The van der Waals surface area contributed by atoms with Gasteiger partial charge in [0.05, 0.1) is 11.9 Å². The van der Waals surface area contributed by atoms with Crippen molar-refractivity contribution in [3.63, 3.8) is 0 Å². The lowest BCUT2D eigenvalue weighted by molar-refractivity contribution is -0.114. The van der Waals surface area contributed by atoms with E-state index in [1.807, 2.05) is 25.9 Å². The number of nitrogens with one attached hydrogen (secondary N) is 2. The fraction of sp³-hybridized carbons (Fsp3) is 0.286. The molecule has 1 amide bonds. The summed E-state index contributed by atoms with van der Waals surface area (Å²) < 4.78 is 0. The summed E-state index contributed by atoms with van der Waals surface area (Å²) in [7, 11) is 3.87. The predicted molar refractivity (Wildman–Crippen MR) is 82.9 cm³/mol. The monoisotopic (exact) mass is 286 g/mol. The Hall–Kier alpha value is -2.70. The third-order valence-corrected chi connectivity index (χ3v) is 2.69. The van der Waals surface area contributed by atoms with E-state index in [4.69, 9.17) is 0 Å². The molecule has 0 saturated carbocycles. The van der Waals surface area contributed by atoms with Gasteiger partial charge in [-0.25, -0.2) is 9.97 Å². The summed E-state index contributed by atoms with van der Waals surface area (Å²) in [6, 6.07) is 3.52. The van der Waals surface area contributed by atoms with E-state index in [-0.39, 0.29) is 5.91 Å². The molecule has 0 radical (unpaired) electrons. The van der Waals surface area contributed by atoms with E-state index in [1.165, 1.54) is 6.92 Å². The zero-order valence-electron chi connectivity index (χ0n) is 12.5. The highest BCUT2D eigenvalue weighted by atomic mass is 16.1. The van der Waals surface area contributed by atoms with Gasteiger partial charge in [0, 0.05) is 32.8 Å². The molecule has 0 aliphatic rings. The summed E-state index contributed by atoms with van der Waals surface area (Å²) in [6.45, 7) is 3.40. The molecule has 2 heterocycles. The molecule has 2 aromatic rings. The average Bonchev–Trinajstić information content (AvgIpc) is 2.42. The maximum Gasteiger partial charge on any atom is 0.229 e.